The van der Waals surface area contributed by atoms with Crippen molar-refractivity contribution in [3.63, 3.8) is 0 Å². The lowest BCUT2D eigenvalue weighted by molar-refractivity contribution is -0.148. The van der Waals surface area contributed by atoms with Crippen LogP contribution < -0.4 is 14.8 Å². The van der Waals surface area contributed by atoms with Crippen LogP contribution in [-0.4, -0.2) is 49.7 Å². The second kappa shape index (κ2) is 12.7. The standard InChI is InChI=1S/C21H24FNO5S/c1-29-14-11-19(23-20(24)15-28-17-5-3-2-4-6-17)21(25)27-13-12-26-18-9-7-16(22)8-10-18/h2-10,19H,11-15H2,1H3,(H,23,24)/t19-/m0/s1. The summed E-state index contributed by atoms with van der Waals surface area (Å²) in [5.41, 5.74) is 0. The molecule has 0 spiro atoms. The van der Waals surface area contributed by atoms with Crippen molar-refractivity contribution in [3.8, 4) is 11.5 Å². The van der Waals surface area contributed by atoms with Crippen LogP contribution in [0.25, 0.3) is 0 Å². The number of hydrogen-bond acceptors (Lipinski definition) is 6. The molecule has 2 aromatic carbocycles. The van der Waals surface area contributed by atoms with E-state index in [2.05, 4.69) is 5.32 Å². The summed E-state index contributed by atoms with van der Waals surface area (Å²) in [7, 11) is 0. The third-order valence-corrected chi connectivity index (χ3v) is 4.40. The summed E-state index contributed by atoms with van der Waals surface area (Å²) in [6, 6.07) is 13.7. The maximum atomic E-state index is 12.9. The molecule has 0 saturated heterocycles. The fourth-order valence-corrected chi connectivity index (χ4v) is 2.79. The molecule has 0 heterocycles. The van der Waals surface area contributed by atoms with E-state index < -0.39 is 17.9 Å². The molecular formula is C21H24FNO5S. The number of carbonyl (C=O) groups excluding carboxylic acids is 2. The summed E-state index contributed by atoms with van der Waals surface area (Å²) < 4.78 is 28.8. The molecule has 1 atom stereocenters. The highest BCUT2D eigenvalue weighted by Gasteiger charge is 2.22. The quantitative estimate of drug-likeness (QED) is 0.419. The van der Waals surface area contributed by atoms with E-state index in [1.807, 2.05) is 12.3 Å². The van der Waals surface area contributed by atoms with E-state index >= 15 is 0 Å². The molecule has 0 fully saturated rings. The number of ether oxygens (including phenoxy) is 3. The van der Waals surface area contributed by atoms with Crippen LogP contribution in [0.4, 0.5) is 4.39 Å². The normalized spacial score (nSPS) is 11.4. The molecule has 6 nitrogen and oxygen atoms in total. The predicted molar refractivity (Wildman–Crippen MR) is 110 cm³/mol. The fourth-order valence-electron chi connectivity index (χ4n) is 2.32. The average molecular weight is 421 g/mol. The average Bonchev–Trinajstić information content (AvgIpc) is 2.74. The molecule has 0 aliphatic rings. The molecule has 29 heavy (non-hydrogen) atoms. The SMILES string of the molecule is CSCC[C@H](NC(=O)COc1ccccc1)C(=O)OCCOc1ccc(F)cc1. The number of halogens is 1. The maximum Gasteiger partial charge on any atom is 0.328 e. The molecule has 2 aromatic rings. The first-order valence-electron chi connectivity index (χ1n) is 9.09. The Kier molecular flexibility index (Phi) is 9.85. The number of para-hydroxylation sites is 1. The van der Waals surface area contributed by atoms with Gasteiger partial charge in [0.2, 0.25) is 0 Å². The Hall–Kier alpha value is -2.74. The minimum absolute atomic E-state index is 0.0162. The topological polar surface area (TPSA) is 73.9 Å². The van der Waals surface area contributed by atoms with Gasteiger partial charge in [-0.2, -0.15) is 11.8 Å². The maximum absolute atomic E-state index is 12.9. The van der Waals surface area contributed by atoms with E-state index in [1.54, 1.807) is 36.0 Å². The van der Waals surface area contributed by atoms with Gasteiger partial charge >= 0.3 is 5.97 Å². The number of esters is 1. The first-order valence-corrected chi connectivity index (χ1v) is 10.5. The van der Waals surface area contributed by atoms with Crippen molar-refractivity contribution in [3.05, 3.63) is 60.4 Å². The minimum Gasteiger partial charge on any atom is -0.490 e. The van der Waals surface area contributed by atoms with Crippen LogP contribution in [0.5, 0.6) is 11.5 Å². The van der Waals surface area contributed by atoms with Crippen molar-refractivity contribution in [2.75, 3.05) is 31.8 Å². The third-order valence-electron chi connectivity index (χ3n) is 3.75. The van der Waals surface area contributed by atoms with Crippen LogP contribution in [0.2, 0.25) is 0 Å². The minimum atomic E-state index is -0.764. The van der Waals surface area contributed by atoms with Gasteiger partial charge in [0.15, 0.2) is 6.61 Å². The van der Waals surface area contributed by atoms with E-state index in [0.29, 0.717) is 23.7 Å². The molecule has 0 bridgehead atoms. The molecular weight excluding hydrogens is 397 g/mol. The molecule has 0 aromatic heterocycles. The Bertz CT molecular complexity index is 757. The zero-order chi connectivity index (χ0) is 20.9. The molecule has 0 aliphatic heterocycles. The van der Waals surface area contributed by atoms with Gasteiger partial charge in [-0.3, -0.25) is 4.79 Å². The van der Waals surface area contributed by atoms with Gasteiger partial charge < -0.3 is 19.5 Å². The van der Waals surface area contributed by atoms with Gasteiger partial charge in [-0.1, -0.05) is 18.2 Å². The largest absolute Gasteiger partial charge is 0.490 e. The number of hydrogen-bond donors (Lipinski definition) is 1. The zero-order valence-corrected chi connectivity index (χ0v) is 17.0. The van der Waals surface area contributed by atoms with Crippen LogP contribution in [0.15, 0.2) is 54.6 Å². The van der Waals surface area contributed by atoms with Crippen molar-refractivity contribution in [2.24, 2.45) is 0 Å². The van der Waals surface area contributed by atoms with Gasteiger partial charge in [-0.05, 0) is 54.8 Å². The summed E-state index contributed by atoms with van der Waals surface area (Å²) in [6.07, 6.45) is 2.36. The summed E-state index contributed by atoms with van der Waals surface area (Å²) in [5.74, 6) is 0.448. The lowest BCUT2D eigenvalue weighted by Gasteiger charge is -2.17. The number of nitrogens with one attached hydrogen (secondary N) is 1. The first kappa shape index (κ1) is 22.5. The number of benzene rings is 2. The van der Waals surface area contributed by atoms with Crippen molar-refractivity contribution in [1.29, 1.82) is 0 Å². The highest BCUT2D eigenvalue weighted by Crippen LogP contribution is 2.11. The lowest BCUT2D eigenvalue weighted by Crippen LogP contribution is -2.44. The Balaban J connectivity index is 1.75. The van der Waals surface area contributed by atoms with Crippen molar-refractivity contribution < 1.29 is 28.2 Å². The summed E-state index contributed by atoms with van der Waals surface area (Å²) in [4.78, 5) is 24.5. The van der Waals surface area contributed by atoms with Gasteiger partial charge in [0.1, 0.15) is 36.6 Å². The lowest BCUT2D eigenvalue weighted by atomic mass is 10.2. The smallest absolute Gasteiger partial charge is 0.328 e. The molecule has 1 amide bonds. The summed E-state index contributed by atoms with van der Waals surface area (Å²) in [5, 5.41) is 2.65. The Morgan fingerprint density at radius 1 is 1.00 bits per heavy atom. The number of thioether (sulfide) groups is 1. The second-order valence-corrected chi connectivity index (χ2v) is 6.96. The summed E-state index contributed by atoms with van der Waals surface area (Å²) >= 11 is 1.57. The molecule has 156 valence electrons. The van der Waals surface area contributed by atoms with E-state index in [0.717, 1.165) is 0 Å². The molecule has 8 heteroatoms. The highest BCUT2D eigenvalue weighted by molar-refractivity contribution is 7.98. The fraction of sp³-hybridized carbons (Fsp3) is 0.333. The number of rotatable bonds is 12. The molecule has 0 radical (unpaired) electrons. The van der Waals surface area contributed by atoms with Crippen LogP contribution in [0.1, 0.15) is 6.42 Å². The van der Waals surface area contributed by atoms with E-state index in [-0.39, 0.29) is 25.6 Å². The van der Waals surface area contributed by atoms with E-state index in [1.165, 1.54) is 24.3 Å². The van der Waals surface area contributed by atoms with Crippen LogP contribution >= 0.6 is 11.8 Å². The predicted octanol–water partition coefficient (Wildman–Crippen LogP) is 3.06. The van der Waals surface area contributed by atoms with Crippen LogP contribution in [0.3, 0.4) is 0 Å². The number of carbonyl (C=O) groups is 2. The molecule has 0 saturated carbocycles. The molecule has 1 N–H and O–H groups in total. The van der Waals surface area contributed by atoms with Crippen molar-refractivity contribution in [1.82, 2.24) is 5.32 Å². The summed E-state index contributed by atoms with van der Waals surface area (Å²) in [6.45, 7) is -0.0548. The monoisotopic (exact) mass is 421 g/mol. The zero-order valence-electron chi connectivity index (χ0n) is 16.1. The van der Waals surface area contributed by atoms with Gasteiger partial charge in [0.05, 0.1) is 0 Å². The van der Waals surface area contributed by atoms with Crippen molar-refractivity contribution >= 4 is 23.6 Å². The van der Waals surface area contributed by atoms with Crippen LogP contribution in [-0.2, 0) is 14.3 Å². The number of amides is 1. The molecule has 2 rings (SSSR count). The van der Waals surface area contributed by atoms with Crippen molar-refractivity contribution in [2.45, 2.75) is 12.5 Å². The Morgan fingerprint density at radius 2 is 1.69 bits per heavy atom. The van der Waals surface area contributed by atoms with Gasteiger partial charge in [0, 0.05) is 0 Å². The second-order valence-electron chi connectivity index (χ2n) is 5.97. The third kappa shape index (κ3) is 8.87. The van der Waals surface area contributed by atoms with Gasteiger partial charge in [0.25, 0.3) is 5.91 Å². The van der Waals surface area contributed by atoms with Gasteiger partial charge in [-0.15, -0.1) is 0 Å². The first-order chi connectivity index (χ1) is 14.1. The van der Waals surface area contributed by atoms with Gasteiger partial charge in [-0.25, -0.2) is 9.18 Å². The van der Waals surface area contributed by atoms with Crippen LogP contribution in [0, 0.1) is 5.82 Å². The molecule has 0 unspecified atom stereocenters. The Morgan fingerprint density at radius 3 is 2.38 bits per heavy atom. The Labute approximate surface area is 173 Å². The van der Waals surface area contributed by atoms with E-state index in [4.69, 9.17) is 14.2 Å². The molecule has 0 aliphatic carbocycles. The highest BCUT2D eigenvalue weighted by atomic mass is 32.2. The van der Waals surface area contributed by atoms with E-state index in [9.17, 15) is 14.0 Å².